The highest BCUT2D eigenvalue weighted by Gasteiger charge is 2.38. The predicted octanol–water partition coefficient (Wildman–Crippen LogP) is 4.42. The number of carboxylic acids is 1. The quantitative estimate of drug-likeness (QED) is 0.475. The van der Waals surface area contributed by atoms with Gasteiger partial charge in [0.2, 0.25) is 0 Å². The van der Waals surface area contributed by atoms with Crippen molar-refractivity contribution in [3.63, 3.8) is 0 Å². The second-order valence-electron chi connectivity index (χ2n) is 6.11. The first kappa shape index (κ1) is 25.6. The Bertz CT molecular complexity index is 1220. The summed E-state index contributed by atoms with van der Waals surface area (Å²) in [6.45, 7) is 0. The fraction of sp³-hybridized carbons (Fsp3) is 0.0500. The first-order valence-electron chi connectivity index (χ1n) is 8.79. The molecule has 8 nitrogen and oxygen atoms in total. The standard InChI is InChI=1S/C18H14ClN3O3S.C2HF3O2/c19-14-5-3-4-13(12-14)18(23)21-15-7-9-16(10-8-15)26(24,25)22-17-6-1-2-11-20-17;3-2(4,5)1(6)7/h1-12H,(H,20,22)(H,21,23);(H,6,7). The molecule has 0 bridgehead atoms. The highest BCUT2D eigenvalue weighted by atomic mass is 35.5. The minimum Gasteiger partial charge on any atom is -0.475 e. The molecular formula is C20H15ClF3N3O5S. The number of pyridine rings is 1. The summed E-state index contributed by atoms with van der Waals surface area (Å²) >= 11 is 5.87. The number of sulfonamides is 1. The fourth-order valence-corrected chi connectivity index (χ4v) is 3.37. The van der Waals surface area contributed by atoms with Gasteiger partial charge in [-0.15, -0.1) is 0 Å². The lowest BCUT2D eigenvalue weighted by atomic mass is 10.2. The summed E-state index contributed by atoms with van der Waals surface area (Å²) in [5.41, 5.74) is 0.873. The van der Waals surface area contributed by atoms with Gasteiger partial charge in [0.05, 0.1) is 4.90 Å². The number of halogens is 4. The average Bonchev–Trinajstić information content (AvgIpc) is 2.74. The van der Waals surface area contributed by atoms with E-state index in [2.05, 4.69) is 15.0 Å². The van der Waals surface area contributed by atoms with Crippen LogP contribution in [0.2, 0.25) is 5.02 Å². The Morgan fingerprint density at radius 2 is 1.61 bits per heavy atom. The van der Waals surface area contributed by atoms with E-state index in [1.54, 1.807) is 42.5 Å². The predicted molar refractivity (Wildman–Crippen MR) is 115 cm³/mol. The van der Waals surface area contributed by atoms with Gasteiger partial charge in [-0.25, -0.2) is 18.2 Å². The summed E-state index contributed by atoms with van der Waals surface area (Å²) in [7, 11) is -3.76. The fourth-order valence-electron chi connectivity index (χ4n) is 2.17. The van der Waals surface area contributed by atoms with E-state index in [-0.39, 0.29) is 16.6 Å². The van der Waals surface area contributed by atoms with Crippen molar-refractivity contribution in [2.75, 3.05) is 10.0 Å². The van der Waals surface area contributed by atoms with E-state index in [0.717, 1.165) is 0 Å². The Kier molecular flexibility index (Phi) is 8.38. The third-order valence-electron chi connectivity index (χ3n) is 3.66. The molecule has 0 saturated carbocycles. The number of benzene rings is 2. The van der Waals surface area contributed by atoms with Crippen LogP contribution in [0, 0.1) is 0 Å². The van der Waals surface area contributed by atoms with Gasteiger partial charge in [-0.2, -0.15) is 13.2 Å². The van der Waals surface area contributed by atoms with Crippen molar-refractivity contribution >= 4 is 45.0 Å². The molecule has 3 aromatic rings. The maximum absolute atomic E-state index is 12.3. The maximum atomic E-state index is 12.3. The summed E-state index contributed by atoms with van der Waals surface area (Å²) in [4.78, 5) is 25.1. The smallest absolute Gasteiger partial charge is 0.475 e. The molecule has 0 atom stereocenters. The van der Waals surface area contributed by atoms with Crippen LogP contribution in [0.15, 0.2) is 77.8 Å². The molecule has 33 heavy (non-hydrogen) atoms. The van der Waals surface area contributed by atoms with Gasteiger partial charge in [0.15, 0.2) is 0 Å². The number of nitrogens with zero attached hydrogens (tertiary/aromatic N) is 1. The van der Waals surface area contributed by atoms with E-state index in [1.807, 2.05) is 0 Å². The summed E-state index contributed by atoms with van der Waals surface area (Å²) in [6.07, 6.45) is -3.59. The summed E-state index contributed by atoms with van der Waals surface area (Å²) in [5.74, 6) is -2.87. The van der Waals surface area contributed by atoms with E-state index in [0.29, 0.717) is 16.3 Å². The zero-order valence-electron chi connectivity index (χ0n) is 16.4. The van der Waals surface area contributed by atoms with E-state index < -0.39 is 22.2 Å². The van der Waals surface area contributed by atoms with Crippen LogP contribution in [-0.4, -0.2) is 36.6 Å². The monoisotopic (exact) mass is 501 g/mol. The van der Waals surface area contributed by atoms with Gasteiger partial charge in [0, 0.05) is 22.5 Å². The molecule has 13 heteroatoms. The van der Waals surface area contributed by atoms with Gasteiger partial charge in [-0.05, 0) is 54.6 Å². The van der Waals surface area contributed by atoms with E-state index in [1.165, 1.54) is 30.5 Å². The minimum atomic E-state index is -5.08. The number of carboxylic acid groups (broad SMARTS) is 1. The van der Waals surface area contributed by atoms with Crippen molar-refractivity contribution < 1.29 is 36.3 Å². The topological polar surface area (TPSA) is 125 Å². The molecule has 0 radical (unpaired) electrons. The molecule has 0 aliphatic rings. The Hall–Kier alpha value is -3.64. The Balaban J connectivity index is 0.000000479. The summed E-state index contributed by atoms with van der Waals surface area (Å²) in [5, 5.41) is 10.3. The zero-order chi connectivity index (χ0) is 24.6. The van der Waals surface area contributed by atoms with E-state index in [9.17, 15) is 26.4 Å². The van der Waals surface area contributed by atoms with Crippen LogP contribution in [0.4, 0.5) is 24.7 Å². The van der Waals surface area contributed by atoms with Gasteiger partial charge in [-0.1, -0.05) is 23.7 Å². The molecule has 0 aliphatic carbocycles. The normalized spacial score (nSPS) is 11.0. The first-order chi connectivity index (χ1) is 15.4. The molecule has 1 aromatic heterocycles. The van der Waals surface area contributed by atoms with Crippen molar-refractivity contribution in [1.29, 1.82) is 0 Å². The number of nitrogens with one attached hydrogen (secondary N) is 2. The average molecular weight is 502 g/mol. The van der Waals surface area contributed by atoms with E-state index in [4.69, 9.17) is 21.5 Å². The number of alkyl halides is 3. The highest BCUT2D eigenvalue weighted by molar-refractivity contribution is 7.92. The molecule has 3 rings (SSSR count). The van der Waals surface area contributed by atoms with Crippen LogP contribution in [0.1, 0.15) is 10.4 Å². The van der Waals surface area contributed by atoms with Gasteiger partial charge in [0.25, 0.3) is 15.9 Å². The van der Waals surface area contributed by atoms with Gasteiger partial charge < -0.3 is 10.4 Å². The molecule has 0 fully saturated rings. The van der Waals surface area contributed by atoms with Crippen LogP contribution in [-0.2, 0) is 14.8 Å². The molecule has 1 amide bonds. The number of hydrogen-bond donors (Lipinski definition) is 3. The number of aromatic nitrogens is 1. The van der Waals surface area contributed by atoms with Gasteiger partial charge >= 0.3 is 12.1 Å². The Morgan fingerprint density at radius 3 is 2.12 bits per heavy atom. The molecule has 2 aromatic carbocycles. The largest absolute Gasteiger partial charge is 0.490 e. The van der Waals surface area contributed by atoms with Gasteiger partial charge in [-0.3, -0.25) is 9.52 Å². The van der Waals surface area contributed by atoms with Crippen molar-refractivity contribution in [2.24, 2.45) is 0 Å². The number of rotatable bonds is 5. The van der Waals surface area contributed by atoms with Crippen LogP contribution in [0.25, 0.3) is 0 Å². The summed E-state index contributed by atoms with van der Waals surface area (Å²) in [6, 6.07) is 17.3. The Morgan fingerprint density at radius 1 is 0.970 bits per heavy atom. The highest BCUT2D eigenvalue weighted by Crippen LogP contribution is 2.18. The molecule has 0 spiro atoms. The molecule has 3 N–H and O–H groups in total. The molecule has 174 valence electrons. The van der Waals surface area contributed by atoms with E-state index >= 15 is 0 Å². The SMILES string of the molecule is O=C(Nc1ccc(S(=O)(=O)Nc2ccccn2)cc1)c1cccc(Cl)c1.O=C(O)C(F)(F)F. The lowest BCUT2D eigenvalue weighted by Crippen LogP contribution is -2.21. The number of anilines is 2. The van der Waals surface area contributed by atoms with Crippen molar-refractivity contribution in [1.82, 2.24) is 4.98 Å². The van der Waals surface area contributed by atoms with Crippen LogP contribution < -0.4 is 10.0 Å². The third kappa shape index (κ3) is 8.09. The van der Waals surface area contributed by atoms with Crippen LogP contribution >= 0.6 is 11.6 Å². The number of carbonyl (C=O) groups is 2. The minimum absolute atomic E-state index is 0.0592. The zero-order valence-corrected chi connectivity index (χ0v) is 17.9. The number of amides is 1. The van der Waals surface area contributed by atoms with Crippen LogP contribution in [0.3, 0.4) is 0 Å². The Labute approximate surface area is 191 Å². The van der Waals surface area contributed by atoms with Crippen LogP contribution in [0.5, 0.6) is 0 Å². The number of hydrogen-bond acceptors (Lipinski definition) is 5. The first-order valence-corrected chi connectivity index (χ1v) is 10.7. The lowest BCUT2D eigenvalue weighted by molar-refractivity contribution is -0.192. The second-order valence-corrected chi connectivity index (χ2v) is 8.23. The maximum Gasteiger partial charge on any atom is 0.490 e. The van der Waals surface area contributed by atoms with Crippen molar-refractivity contribution in [3.05, 3.63) is 83.5 Å². The van der Waals surface area contributed by atoms with Crippen molar-refractivity contribution in [2.45, 2.75) is 11.1 Å². The number of aliphatic carboxylic acids is 1. The molecular weight excluding hydrogens is 487 g/mol. The number of carbonyl (C=O) groups excluding carboxylic acids is 1. The molecule has 1 heterocycles. The summed E-state index contributed by atoms with van der Waals surface area (Å²) < 4.78 is 58.8. The molecule has 0 unspecified atom stereocenters. The lowest BCUT2D eigenvalue weighted by Gasteiger charge is -2.09. The second kappa shape index (κ2) is 10.8. The third-order valence-corrected chi connectivity index (χ3v) is 5.26. The molecule has 0 aliphatic heterocycles. The van der Waals surface area contributed by atoms with Gasteiger partial charge in [0.1, 0.15) is 5.82 Å². The van der Waals surface area contributed by atoms with Crippen molar-refractivity contribution in [3.8, 4) is 0 Å². The molecule has 0 saturated heterocycles.